The van der Waals surface area contributed by atoms with Crippen LogP contribution < -0.4 is 0 Å². The average Bonchev–Trinajstić information content (AvgIpc) is 2.74. The van der Waals surface area contributed by atoms with E-state index in [1.165, 1.54) is 12.3 Å². The third-order valence-electron chi connectivity index (χ3n) is 2.96. The maximum Gasteiger partial charge on any atom is 0.166 e. The molecule has 0 saturated heterocycles. The van der Waals surface area contributed by atoms with Gasteiger partial charge in [-0.2, -0.15) is 0 Å². The van der Waals surface area contributed by atoms with Gasteiger partial charge in [0.2, 0.25) is 0 Å². The van der Waals surface area contributed by atoms with Crippen molar-refractivity contribution in [2.45, 2.75) is 6.92 Å². The molecule has 3 rings (SSSR count). The van der Waals surface area contributed by atoms with Crippen LogP contribution in [0.25, 0.3) is 22.2 Å². The number of hydrogen-bond acceptors (Lipinski definition) is 1. The fraction of sp³-hybridized carbons (Fsp3) is 0.0714. The number of nitrogens with zero attached hydrogens (tertiary/aromatic N) is 1. The van der Waals surface area contributed by atoms with Gasteiger partial charge in [-0.1, -0.05) is 6.07 Å². The molecule has 1 aromatic carbocycles. The summed E-state index contributed by atoms with van der Waals surface area (Å²) in [5.41, 5.74) is 3.21. The van der Waals surface area contributed by atoms with Gasteiger partial charge in [0.25, 0.3) is 0 Å². The number of H-pyrrole nitrogens is 1. The van der Waals surface area contributed by atoms with Gasteiger partial charge in [-0.15, -0.1) is 0 Å². The molecule has 18 heavy (non-hydrogen) atoms. The second-order valence-electron chi connectivity index (χ2n) is 4.22. The number of nitrogens with one attached hydrogen (secondary N) is 1. The van der Waals surface area contributed by atoms with E-state index < -0.39 is 0 Å². The minimum absolute atomic E-state index is 0.237. The molecule has 3 aromatic rings. The molecule has 1 N–H and O–H groups in total. The molecule has 0 aliphatic heterocycles. The lowest BCUT2D eigenvalue weighted by Crippen LogP contribution is -1.86. The van der Waals surface area contributed by atoms with Crippen molar-refractivity contribution in [1.29, 1.82) is 0 Å². The van der Waals surface area contributed by atoms with Gasteiger partial charge in [0, 0.05) is 18.0 Å². The first kappa shape index (κ1) is 10.9. The van der Waals surface area contributed by atoms with Crippen molar-refractivity contribution in [3.05, 3.63) is 53.9 Å². The van der Waals surface area contributed by atoms with Crippen LogP contribution in [0.15, 0.2) is 36.7 Å². The van der Waals surface area contributed by atoms with E-state index in [0.717, 1.165) is 11.1 Å². The Morgan fingerprint density at radius 1 is 1.06 bits per heavy atom. The van der Waals surface area contributed by atoms with Gasteiger partial charge < -0.3 is 4.98 Å². The van der Waals surface area contributed by atoms with E-state index in [0.29, 0.717) is 16.6 Å². The molecule has 2 aromatic heterocycles. The maximum atomic E-state index is 13.3. The van der Waals surface area contributed by atoms with Crippen LogP contribution >= 0.6 is 0 Å². The van der Waals surface area contributed by atoms with Crippen LogP contribution in [0.5, 0.6) is 0 Å². The molecule has 0 spiro atoms. The Balaban J connectivity index is 2.16. The largest absolute Gasteiger partial charge is 0.357 e. The van der Waals surface area contributed by atoms with Crippen molar-refractivity contribution < 1.29 is 8.78 Å². The number of aromatic nitrogens is 2. The summed E-state index contributed by atoms with van der Waals surface area (Å²) in [7, 11) is 0. The molecule has 0 unspecified atom stereocenters. The van der Waals surface area contributed by atoms with E-state index in [1.54, 1.807) is 31.3 Å². The highest BCUT2D eigenvalue weighted by Crippen LogP contribution is 2.24. The molecule has 90 valence electrons. The van der Waals surface area contributed by atoms with Gasteiger partial charge in [-0.25, -0.2) is 8.78 Å². The predicted molar refractivity (Wildman–Crippen MR) is 66.2 cm³/mol. The first-order valence-corrected chi connectivity index (χ1v) is 5.54. The number of halogens is 2. The minimum atomic E-state index is -0.369. The minimum Gasteiger partial charge on any atom is -0.357 e. The lowest BCUT2D eigenvalue weighted by Gasteiger charge is -2.03. The molecule has 0 bridgehead atoms. The Hall–Kier alpha value is -2.23. The van der Waals surface area contributed by atoms with Crippen molar-refractivity contribution in [2.24, 2.45) is 0 Å². The van der Waals surface area contributed by atoms with Crippen molar-refractivity contribution in [3.8, 4) is 11.1 Å². The third-order valence-corrected chi connectivity index (χ3v) is 2.96. The molecule has 2 nitrogen and oxygen atoms in total. The number of hydrogen-bond donors (Lipinski definition) is 1. The summed E-state index contributed by atoms with van der Waals surface area (Å²) < 4.78 is 26.5. The molecular weight excluding hydrogens is 234 g/mol. The normalized spacial score (nSPS) is 11.1. The Bertz CT molecular complexity index is 732. The zero-order valence-electron chi connectivity index (χ0n) is 9.67. The van der Waals surface area contributed by atoms with Crippen molar-refractivity contribution in [2.75, 3.05) is 0 Å². The Kier molecular flexibility index (Phi) is 2.37. The third kappa shape index (κ3) is 1.66. The van der Waals surface area contributed by atoms with E-state index in [4.69, 9.17) is 0 Å². The molecule has 0 radical (unpaired) electrons. The van der Waals surface area contributed by atoms with Gasteiger partial charge in [0.05, 0.1) is 5.52 Å². The lowest BCUT2D eigenvalue weighted by atomic mass is 10.0. The van der Waals surface area contributed by atoms with Crippen LogP contribution in [0.2, 0.25) is 0 Å². The van der Waals surface area contributed by atoms with Crippen LogP contribution in [0.3, 0.4) is 0 Å². The maximum absolute atomic E-state index is 13.3. The quantitative estimate of drug-likeness (QED) is 0.692. The van der Waals surface area contributed by atoms with Crippen LogP contribution in [0.1, 0.15) is 5.56 Å². The number of pyridine rings is 1. The van der Waals surface area contributed by atoms with E-state index in [1.807, 2.05) is 0 Å². The van der Waals surface area contributed by atoms with E-state index in [-0.39, 0.29) is 11.6 Å². The van der Waals surface area contributed by atoms with E-state index in [2.05, 4.69) is 9.97 Å². The number of fused-ring (bicyclic) bond motifs is 1. The molecule has 0 aliphatic carbocycles. The standard InChI is InChI=1S/C14H10F2N2/c1-8-4-9(2-3-11(8)15)10-5-13-14(18-6-10)12(16)7-17-13/h2-7,17H,1H3. The number of rotatable bonds is 1. The first-order chi connectivity index (χ1) is 8.65. The van der Waals surface area contributed by atoms with Crippen LogP contribution in [0, 0.1) is 18.6 Å². The molecule has 2 heterocycles. The summed E-state index contributed by atoms with van der Waals surface area (Å²) >= 11 is 0. The molecule has 0 saturated carbocycles. The van der Waals surface area contributed by atoms with Crippen LogP contribution in [-0.4, -0.2) is 9.97 Å². The summed E-state index contributed by atoms with van der Waals surface area (Å²) in [5, 5.41) is 0. The molecule has 0 aliphatic rings. The Labute approximate surface area is 102 Å². The smallest absolute Gasteiger partial charge is 0.166 e. The van der Waals surface area contributed by atoms with Crippen molar-refractivity contribution in [1.82, 2.24) is 9.97 Å². The summed E-state index contributed by atoms with van der Waals surface area (Å²) in [6, 6.07) is 6.66. The zero-order chi connectivity index (χ0) is 12.7. The summed E-state index contributed by atoms with van der Waals surface area (Å²) in [6.45, 7) is 1.71. The van der Waals surface area contributed by atoms with Crippen molar-refractivity contribution >= 4 is 11.0 Å². The second-order valence-corrected chi connectivity index (χ2v) is 4.22. The monoisotopic (exact) mass is 244 g/mol. The van der Waals surface area contributed by atoms with E-state index >= 15 is 0 Å². The van der Waals surface area contributed by atoms with E-state index in [9.17, 15) is 8.78 Å². The molecule has 0 fully saturated rings. The van der Waals surface area contributed by atoms with Crippen molar-refractivity contribution in [3.63, 3.8) is 0 Å². The summed E-state index contributed by atoms with van der Waals surface area (Å²) in [5.74, 6) is -0.606. The average molecular weight is 244 g/mol. The highest BCUT2D eigenvalue weighted by Gasteiger charge is 2.07. The number of benzene rings is 1. The molecule has 4 heteroatoms. The molecule has 0 amide bonds. The van der Waals surface area contributed by atoms with Gasteiger partial charge in [0.1, 0.15) is 11.3 Å². The summed E-state index contributed by atoms with van der Waals surface area (Å²) in [4.78, 5) is 6.88. The van der Waals surface area contributed by atoms with Gasteiger partial charge in [0.15, 0.2) is 5.82 Å². The lowest BCUT2D eigenvalue weighted by molar-refractivity contribution is 0.619. The Morgan fingerprint density at radius 3 is 2.67 bits per heavy atom. The van der Waals surface area contributed by atoms with Gasteiger partial charge in [-0.05, 0) is 36.2 Å². The Morgan fingerprint density at radius 2 is 1.89 bits per heavy atom. The molecular formula is C14H10F2N2. The van der Waals surface area contributed by atoms with Crippen LogP contribution in [-0.2, 0) is 0 Å². The predicted octanol–water partition coefficient (Wildman–Crippen LogP) is 3.82. The highest BCUT2D eigenvalue weighted by molar-refractivity contribution is 5.81. The molecule has 0 atom stereocenters. The number of aromatic amines is 1. The van der Waals surface area contributed by atoms with Crippen LogP contribution in [0.4, 0.5) is 8.78 Å². The number of aryl methyl sites for hydroxylation is 1. The SMILES string of the molecule is Cc1cc(-c2cnc3c(F)c[nH]c3c2)ccc1F. The zero-order valence-corrected chi connectivity index (χ0v) is 9.67. The van der Waals surface area contributed by atoms with Gasteiger partial charge >= 0.3 is 0 Å². The topological polar surface area (TPSA) is 28.7 Å². The summed E-state index contributed by atoms with van der Waals surface area (Å²) in [6.07, 6.45) is 2.86. The fourth-order valence-corrected chi connectivity index (χ4v) is 1.96. The van der Waals surface area contributed by atoms with Gasteiger partial charge in [-0.3, -0.25) is 4.98 Å². The fourth-order valence-electron chi connectivity index (χ4n) is 1.96. The highest BCUT2D eigenvalue weighted by atomic mass is 19.1. The first-order valence-electron chi connectivity index (χ1n) is 5.54. The second kappa shape index (κ2) is 3.91.